The van der Waals surface area contributed by atoms with Crippen LogP contribution in [0.2, 0.25) is 0 Å². The quantitative estimate of drug-likeness (QED) is 0.175. The number of nitrogens with one attached hydrogen (secondary N) is 4. The van der Waals surface area contributed by atoms with E-state index in [9.17, 15) is 19.2 Å². The molecule has 268 valence electrons. The van der Waals surface area contributed by atoms with Crippen LogP contribution in [-0.2, 0) is 19.1 Å². The van der Waals surface area contributed by atoms with Crippen LogP contribution in [0, 0.1) is 5.92 Å². The van der Waals surface area contributed by atoms with Gasteiger partial charge in [-0.2, -0.15) is 0 Å². The van der Waals surface area contributed by atoms with Gasteiger partial charge in [0, 0.05) is 13.1 Å². The molecule has 4 amide bonds. The van der Waals surface area contributed by atoms with Crippen LogP contribution in [0.1, 0.15) is 63.3 Å². The van der Waals surface area contributed by atoms with Crippen molar-refractivity contribution in [2.75, 3.05) is 33.9 Å². The molecule has 6 rings (SSSR count). The summed E-state index contributed by atoms with van der Waals surface area (Å²) in [6.45, 7) is 4.87. The Morgan fingerprint density at radius 3 is 1.71 bits per heavy atom. The average molecular weight is 697 g/mol. The van der Waals surface area contributed by atoms with E-state index in [0.717, 1.165) is 71.0 Å². The van der Waals surface area contributed by atoms with Crippen molar-refractivity contribution in [2.24, 2.45) is 5.92 Å². The normalized spacial score (nSPS) is 17.7. The Hall–Kier alpha value is -5.66. The molecule has 2 aliphatic rings. The van der Waals surface area contributed by atoms with Crippen molar-refractivity contribution in [1.82, 2.24) is 40.4 Å². The first-order valence-corrected chi connectivity index (χ1v) is 17.2. The summed E-state index contributed by atoms with van der Waals surface area (Å²) < 4.78 is 9.31. The van der Waals surface area contributed by atoms with Crippen LogP contribution in [0.25, 0.3) is 33.6 Å². The number of carbonyl (C=O) groups is 4. The third-order valence-corrected chi connectivity index (χ3v) is 9.62. The van der Waals surface area contributed by atoms with Crippen molar-refractivity contribution in [3.05, 3.63) is 72.6 Å². The molecule has 0 bridgehead atoms. The van der Waals surface area contributed by atoms with Crippen molar-refractivity contribution in [3.63, 3.8) is 0 Å². The first kappa shape index (κ1) is 35.2. The molecule has 4 heterocycles. The maximum Gasteiger partial charge on any atom is 0.407 e. The summed E-state index contributed by atoms with van der Waals surface area (Å²) in [6.07, 6.45) is 5.60. The molecule has 2 aromatic heterocycles. The molecule has 4 aromatic rings. The molecular weight excluding hydrogens is 652 g/mol. The van der Waals surface area contributed by atoms with Crippen molar-refractivity contribution in [2.45, 2.75) is 57.7 Å². The van der Waals surface area contributed by atoms with Crippen molar-refractivity contribution in [1.29, 1.82) is 0 Å². The van der Waals surface area contributed by atoms with Gasteiger partial charge in [-0.25, -0.2) is 19.6 Å². The lowest BCUT2D eigenvalue weighted by molar-refractivity contribution is -0.135. The molecule has 14 heteroatoms. The van der Waals surface area contributed by atoms with E-state index in [1.165, 1.54) is 14.2 Å². The van der Waals surface area contributed by atoms with Gasteiger partial charge in [0.1, 0.15) is 24.2 Å². The molecule has 2 aromatic carbocycles. The lowest BCUT2D eigenvalue weighted by Gasteiger charge is -2.30. The van der Waals surface area contributed by atoms with Crippen LogP contribution in [0.4, 0.5) is 9.59 Å². The van der Waals surface area contributed by atoms with E-state index in [4.69, 9.17) is 4.74 Å². The zero-order valence-electron chi connectivity index (χ0n) is 29.3. The van der Waals surface area contributed by atoms with E-state index in [1.807, 2.05) is 38.1 Å². The fourth-order valence-electron chi connectivity index (χ4n) is 6.85. The molecule has 0 aliphatic carbocycles. The maximum atomic E-state index is 13.5. The fourth-order valence-corrected chi connectivity index (χ4v) is 6.85. The highest BCUT2D eigenvalue weighted by Gasteiger charge is 2.37. The van der Waals surface area contributed by atoms with Crippen LogP contribution in [0.15, 0.2) is 60.9 Å². The van der Waals surface area contributed by atoms with Crippen molar-refractivity contribution < 1.29 is 28.7 Å². The van der Waals surface area contributed by atoms with Gasteiger partial charge in [0.25, 0.3) is 0 Å². The summed E-state index contributed by atoms with van der Waals surface area (Å²) in [6, 6.07) is 15.4. The van der Waals surface area contributed by atoms with Gasteiger partial charge >= 0.3 is 12.2 Å². The minimum absolute atomic E-state index is 0.102. The van der Waals surface area contributed by atoms with Crippen LogP contribution in [0.5, 0.6) is 0 Å². The largest absolute Gasteiger partial charge is 0.453 e. The second-order valence-electron chi connectivity index (χ2n) is 13.2. The standard InChI is InChI=1S/C37H44N8O6/c1-22(2)32(43-37(49)51-4)35(47)45-18-6-8-30(45)34-39-20-28(42-34)26-15-11-24(12-16-26)23-9-13-25(14-10-23)27-19-38-33(41-27)29-7-5-17-44(29)31(46)21-40-36(48)50-3/h9-16,19-20,22,29-30,32H,5-8,17-18,21H2,1-4H3,(H,38,41)(H,39,42)(H,40,48)(H,43,49)/t29-,30-,32?/m0/s1. The van der Waals surface area contributed by atoms with Crippen LogP contribution >= 0.6 is 0 Å². The summed E-state index contributed by atoms with van der Waals surface area (Å²) in [4.78, 5) is 69.2. The molecule has 0 spiro atoms. The average Bonchev–Trinajstić information content (AvgIpc) is 3.99. The summed E-state index contributed by atoms with van der Waals surface area (Å²) in [5, 5.41) is 5.15. The zero-order chi connectivity index (χ0) is 36.1. The third-order valence-electron chi connectivity index (χ3n) is 9.62. The second kappa shape index (κ2) is 15.5. The van der Waals surface area contributed by atoms with E-state index in [2.05, 4.69) is 59.6 Å². The highest BCUT2D eigenvalue weighted by molar-refractivity contribution is 5.86. The summed E-state index contributed by atoms with van der Waals surface area (Å²) in [5.74, 6) is 1.02. The van der Waals surface area contributed by atoms with Gasteiger partial charge in [-0.1, -0.05) is 62.4 Å². The molecule has 1 unspecified atom stereocenters. The number of amides is 4. The molecule has 0 radical (unpaired) electrons. The van der Waals surface area contributed by atoms with Crippen molar-refractivity contribution >= 4 is 24.0 Å². The van der Waals surface area contributed by atoms with E-state index < -0.39 is 18.2 Å². The van der Waals surface area contributed by atoms with Gasteiger partial charge in [0.15, 0.2) is 0 Å². The number of benzene rings is 2. The van der Waals surface area contributed by atoms with Gasteiger partial charge in [-0.3, -0.25) is 9.59 Å². The molecule has 3 atom stereocenters. The van der Waals surface area contributed by atoms with E-state index in [-0.39, 0.29) is 36.4 Å². The lowest BCUT2D eigenvalue weighted by atomic mass is 10.0. The number of ether oxygens (including phenoxy) is 2. The number of imidazole rings is 2. The predicted molar refractivity (Wildman–Crippen MR) is 189 cm³/mol. The molecule has 2 aliphatic heterocycles. The van der Waals surface area contributed by atoms with Crippen LogP contribution < -0.4 is 10.6 Å². The minimum Gasteiger partial charge on any atom is -0.453 e. The number of likely N-dealkylation sites (tertiary alicyclic amines) is 2. The molecule has 2 fully saturated rings. The van der Waals surface area contributed by atoms with Gasteiger partial charge < -0.3 is 39.9 Å². The monoisotopic (exact) mass is 696 g/mol. The van der Waals surface area contributed by atoms with Gasteiger partial charge in [0.05, 0.1) is 50.1 Å². The number of aromatic nitrogens is 4. The lowest BCUT2D eigenvalue weighted by Crippen LogP contribution is -2.51. The summed E-state index contributed by atoms with van der Waals surface area (Å²) in [7, 11) is 2.55. The minimum atomic E-state index is -0.685. The summed E-state index contributed by atoms with van der Waals surface area (Å²) in [5.41, 5.74) is 5.78. The van der Waals surface area contributed by atoms with E-state index >= 15 is 0 Å². The molecular formula is C37H44N8O6. The van der Waals surface area contributed by atoms with E-state index in [0.29, 0.717) is 13.1 Å². The van der Waals surface area contributed by atoms with Gasteiger partial charge in [0.2, 0.25) is 11.8 Å². The Labute approximate surface area is 296 Å². The number of alkyl carbamates (subject to hydrolysis) is 2. The number of H-pyrrole nitrogens is 2. The third kappa shape index (κ3) is 7.74. The number of rotatable bonds is 10. The van der Waals surface area contributed by atoms with E-state index in [1.54, 1.807) is 22.2 Å². The number of hydrogen-bond acceptors (Lipinski definition) is 8. The predicted octanol–water partition coefficient (Wildman–Crippen LogP) is 5.20. The number of methoxy groups -OCH3 is 2. The van der Waals surface area contributed by atoms with Crippen LogP contribution in [0.3, 0.4) is 0 Å². The maximum absolute atomic E-state index is 13.5. The number of carbonyl (C=O) groups excluding carboxylic acids is 4. The second-order valence-corrected chi connectivity index (χ2v) is 13.2. The SMILES string of the molecule is COC(=O)NCC(=O)N1CCC[C@H]1c1ncc(-c2ccc(-c3ccc(-c4cnc([C@@H]5CCCN5C(=O)C(NC(=O)OC)C(C)C)[nH]4)cc3)cc2)[nH]1. The molecule has 51 heavy (non-hydrogen) atoms. The number of hydrogen-bond donors (Lipinski definition) is 4. The zero-order valence-corrected chi connectivity index (χ0v) is 29.3. The Morgan fingerprint density at radius 2 is 1.22 bits per heavy atom. The smallest absolute Gasteiger partial charge is 0.407 e. The Kier molecular flexibility index (Phi) is 10.7. The Morgan fingerprint density at radius 1 is 0.745 bits per heavy atom. The van der Waals surface area contributed by atoms with Gasteiger partial charge in [-0.15, -0.1) is 0 Å². The van der Waals surface area contributed by atoms with Crippen LogP contribution in [-0.4, -0.2) is 93.6 Å². The van der Waals surface area contributed by atoms with Crippen molar-refractivity contribution in [3.8, 4) is 33.6 Å². The highest BCUT2D eigenvalue weighted by Crippen LogP contribution is 2.34. The highest BCUT2D eigenvalue weighted by atomic mass is 16.5. The Bertz CT molecular complexity index is 1850. The van der Waals surface area contributed by atoms with Gasteiger partial charge in [-0.05, 0) is 53.9 Å². The first-order chi connectivity index (χ1) is 24.7. The topological polar surface area (TPSA) is 175 Å². The molecule has 4 N–H and O–H groups in total. The fraction of sp³-hybridized carbons (Fsp3) is 0.405. The number of nitrogens with zero attached hydrogens (tertiary/aromatic N) is 4. The summed E-state index contributed by atoms with van der Waals surface area (Å²) >= 11 is 0. The Balaban J connectivity index is 1.09. The molecule has 0 saturated carbocycles. The molecule has 2 saturated heterocycles. The molecule has 14 nitrogen and oxygen atoms in total. The first-order valence-electron chi connectivity index (χ1n) is 17.2. The number of aromatic amines is 2.